The standard InChI is InChI=1S/C22H30N4O3S/c1-5-7-21(27)26-19-9-6-8-17(13-19)14-24-22(23-3)25-15-18-10-11-20(16(2)12-18)30(4,28)29/h6,8-13H,5,7,14-15H2,1-4H3,(H,26,27)(H2,23,24,25). The molecule has 0 radical (unpaired) electrons. The van der Waals surface area contributed by atoms with E-state index in [2.05, 4.69) is 20.9 Å². The van der Waals surface area contributed by atoms with Crippen LogP contribution >= 0.6 is 0 Å². The van der Waals surface area contributed by atoms with Crippen molar-refractivity contribution in [2.45, 2.75) is 44.7 Å². The maximum Gasteiger partial charge on any atom is 0.224 e. The minimum atomic E-state index is -3.22. The summed E-state index contributed by atoms with van der Waals surface area (Å²) in [6.07, 6.45) is 2.53. The third-order valence-corrected chi connectivity index (χ3v) is 5.73. The number of carbonyl (C=O) groups is 1. The smallest absolute Gasteiger partial charge is 0.224 e. The van der Waals surface area contributed by atoms with E-state index < -0.39 is 9.84 Å². The Bertz CT molecular complexity index is 1020. The van der Waals surface area contributed by atoms with E-state index in [0.29, 0.717) is 30.4 Å². The molecule has 30 heavy (non-hydrogen) atoms. The average molecular weight is 431 g/mol. The third-order valence-electron chi connectivity index (χ3n) is 4.47. The maximum atomic E-state index is 11.8. The van der Waals surface area contributed by atoms with Gasteiger partial charge in [-0.2, -0.15) is 0 Å². The molecule has 0 saturated carbocycles. The summed E-state index contributed by atoms with van der Waals surface area (Å²) < 4.78 is 23.5. The summed E-state index contributed by atoms with van der Waals surface area (Å²) in [4.78, 5) is 16.3. The van der Waals surface area contributed by atoms with Crippen LogP contribution in [0, 0.1) is 6.92 Å². The first-order chi connectivity index (χ1) is 14.2. The van der Waals surface area contributed by atoms with Crippen LogP contribution in [0.3, 0.4) is 0 Å². The first-order valence-corrected chi connectivity index (χ1v) is 11.7. The van der Waals surface area contributed by atoms with Gasteiger partial charge < -0.3 is 16.0 Å². The Kier molecular flexibility index (Phi) is 8.41. The Morgan fingerprint density at radius 1 is 1.03 bits per heavy atom. The van der Waals surface area contributed by atoms with Crippen molar-refractivity contribution in [1.29, 1.82) is 0 Å². The van der Waals surface area contributed by atoms with E-state index >= 15 is 0 Å². The van der Waals surface area contributed by atoms with Gasteiger partial charge in [0.1, 0.15) is 0 Å². The van der Waals surface area contributed by atoms with E-state index in [-0.39, 0.29) is 5.91 Å². The lowest BCUT2D eigenvalue weighted by Crippen LogP contribution is -2.36. The molecule has 1 amide bonds. The van der Waals surface area contributed by atoms with Crippen molar-refractivity contribution in [3.05, 3.63) is 59.2 Å². The number of nitrogens with one attached hydrogen (secondary N) is 3. The number of sulfone groups is 1. The van der Waals surface area contributed by atoms with Crippen molar-refractivity contribution < 1.29 is 13.2 Å². The number of hydrogen-bond acceptors (Lipinski definition) is 4. The average Bonchev–Trinajstić information content (AvgIpc) is 2.67. The van der Waals surface area contributed by atoms with Gasteiger partial charge in [0.25, 0.3) is 0 Å². The number of anilines is 1. The van der Waals surface area contributed by atoms with Crippen LogP contribution in [0.1, 0.15) is 36.5 Å². The molecular weight excluding hydrogens is 400 g/mol. The molecule has 0 aliphatic carbocycles. The quantitative estimate of drug-likeness (QED) is 0.442. The van der Waals surface area contributed by atoms with Gasteiger partial charge in [0.2, 0.25) is 5.91 Å². The first-order valence-electron chi connectivity index (χ1n) is 9.85. The fourth-order valence-electron chi connectivity index (χ4n) is 3.04. The topological polar surface area (TPSA) is 99.7 Å². The van der Waals surface area contributed by atoms with E-state index in [4.69, 9.17) is 0 Å². The zero-order chi connectivity index (χ0) is 22.1. The zero-order valence-electron chi connectivity index (χ0n) is 18.0. The summed E-state index contributed by atoms with van der Waals surface area (Å²) in [6, 6.07) is 13.0. The molecule has 0 aliphatic rings. The third kappa shape index (κ3) is 7.18. The van der Waals surface area contributed by atoms with Crippen LogP contribution in [0.25, 0.3) is 0 Å². The summed E-state index contributed by atoms with van der Waals surface area (Å²) in [5, 5.41) is 9.36. The molecule has 0 aromatic heterocycles. The number of benzene rings is 2. The molecule has 0 aliphatic heterocycles. The number of guanidine groups is 1. The lowest BCUT2D eigenvalue weighted by atomic mass is 10.1. The van der Waals surface area contributed by atoms with E-state index in [1.54, 1.807) is 26.1 Å². The molecule has 2 rings (SSSR count). The van der Waals surface area contributed by atoms with Crippen LogP contribution in [0.15, 0.2) is 52.4 Å². The van der Waals surface area contributed by atoms with Crippen LogP contribution in [0.2, 0.25) is 0 Å². The number of aliphatic imine (C=N–C) groups is 1. The van der Waals surface area contributed by atoms with Crippen molar-refractivity contribution >= 4 is 27.4 Å². The molecule has 8 heteroatoms. The summed E-state index contributed by atoms with van der Waals surface area (Å²) in [5.41, 5.74) is 3.47. The second kappa shape index (κ2) is 10.8. The van der Waals surface area contributed by atoms with E-state index in [9.17, 15) is 13.2 Å². The Morgan fingerprint density at radius 2 is 1.70 bits per heavy atom. The molecule has 2 aromatic rings. The SMILES string of the molecule is CCCC(=O)Nc1cccc(CNC(=NC)NCc2ccc(S(C)(=O)=O)c(C)c2)c1. The maximum absolute atomic E-state index is 11.8. The van der Waals surface area contributed by atoms with Gasteiger partial charge in [0.15, 0.2) is 15.8 Å². The van der Waals surface area contributed by atoms with Gasteiger partial charge in [-0.05, 0) is 48.2 Å². The highest BCUT2D eigenvalue weighted by Crippen LogP contribution is 2.16. The highest BCUT2D eigenvalue weighted by Gasteiger charge is 2.11. The van der Waals surface area contributed by atoms with Crippen molar-refractivity contribution in [3.8, 4) is 0 Å². The molecule has 0 saturated heterocycles. The lowest BCUT2D eigenvalue weighted by Gasteiger charge is -2.14. The number of carbonyl (C=O) groups excluding carboxylic acids is 1. The van der Waals surface area contributed by atoms with Crippen molar-refractivity contribution in [3.63, 3.8) is 0 Å². The second-order valence-corrected chi connectivity index (χ2v) is 9.13. The van der Waals surface area contributed by atoms with Gasteiger partial charge in [-0.1, -0.05) is 31.2 Å². The van der Waals surface area contributed by atoms with Gasteiger partial charge in [-0.3, -0.25) is 9.79 Å². The van der Waals surface area contributed by atoms with Crippen molar-refractivity contribution in [2.75, 3.05) is 18.6 Å². The van der Waals surface area contributed by atoms with E-state index in [0.717, 1.165) is 28.8 Å². The second-order valence-electron chi connectivity index (χ2n) is 7.15. The molecule has 0 unspecified atom stereocenters. The van der Waals surface area contributed by atoms with Crippen LogP contribution < -0.4 is 16.0 Å². The molecule has 2 aromatic carbocycles. The normalized spacial score (nSPS) is 11.8. The number of hydrogen-bond donors (Lipinski definition) is 3. The Balaban J connectivity index is 1.93. The molecule has 3 N–H and O–H groups in total. The largest absolute Gasteiger partial charge is 0.352 e. The Morgan fingerprint density at radius 3 is 2.27 bits per heavy atom. The molecule has 7 nitrogen and oxygen atoms in total. The number of rotatable bonds is 8. The minimum absolute atomic E-state index is 0.0114. The number of nitrogens with zero attached hydrogens (tertiary/aromatic N) is 1. The van der Waals surface area contributed by atoms with Gasteiger partial charge in [0, 0.05) is 38.5 Å². The molecule has 0 atom stereocenters. The van der Waals surface area contributed by atoms with Gasteiger partial charge in [0.05, 0.1) is 4.90 Å². The van der Waals surface area contributed by atoms with Crippen molar-refractivity contribution in [1.82, 2.24) is 10.6 Å². The molecule has 0 spiro atoms. The fraction of sp³-hybridized carbons (Fsp3) is 0.364. The monoisotopic (exact) mass is 430 g/mol. The Hall–Kier alpha value is -2.87. The summed E-state index contributed by atoms with van der Waals surface area (Å²) in [6.45, 7) is 4.82. The number of amides is 1. The van der Waals surface area contributed by atoms with Crippen molar-refractivity contribution in [2.24, 2.45) is 4.99 Å². The lowest BCUT2D eigenvalue weighted by molar-refractivity contribution is -0.116. The van der Waals surface area contributed by atoms with E-state index in [1.165, 1.54) is 6.26 Å². The summed E-state index contributed by atoms with van der Waals surface area (Å²) in [5.74, 6) is 0.637. The summed E-state index contributed by atoms with van der Waals surface area (Å²) >= 11 is 0. The Labute approximate surface area is 178 Å². The van der Waals surface area contributed by atoms with Gasteiger partial charge in [-0.15, -0.1) is 0 Å². The molecule has 0 heterocycles. The van der Waals surface area contributed by atoms with Gasteiger partial charge in [-0.25, -0.2) is 8.42 Å². The molecular formula is C22H30N4O3S. The van der Waals surface area contributed by atoms with Crippen LogP contribution in [0.4, 0.5) is 5.69 Å². The first kappa shape index (κ1) is 23.4. The molecule has 0 bridgehead atoms. The predicted molar refractivity (Wildman–Crippen MR) is 121 cm³/mol. The highest BCUT2D eigenvalue weighted by atomic mass is 32.2. The molecule has 0 fully saturated rings. The van der Waals surface area contributed by atoms with Gasteiger partial charge >= 0.3 is 0 Å². The predicted octanol–water partition coefficient (Wildman–Crippen LogP) is 3.00. The summed E-state index contributed by atoms with van der Waals surface area (Å²) in [7, 11) is -1.53. The highest BCUT2D eigenvalue weighted by molar-refractivity contribution is 7.90. The fourth-order valence-corrected chi connectivity index (χ4v) is 4.00. The molecule has 162 valence electrons. The van der Waals surface area contributed by atoms with E-state index in [1.807, 2.05) is 37.3 Å². The zero-order valence-corrected chi connectivity index (χ0v) is 18.8. The van der Waals surface area contributed by atoms with Crippen LogP contribution in [-0.4, -0.2) is 33.6 Å². The van der Waals surface area contributed by atoms with Crippen LogP contribution in [-0.2, 0) is 27.7 Å². The number of aryl methyl sites for hydroxylation is 1. The van der Waals surface area contributed by atoms with Crippen LogP contribution in [0.5, 0.6) is 0 Å². The minimum Gasteiger partial charge on any atom is -0.352 e.